The van der Waals surface area contributed by atoms with E-state index < -0.39 is 0 Å². The Kier molecular flexibility index (Phi) is 4.52. The number of fused-ring (bicyclic) bond motifs is 1. The third-order valence-electron chi connectivity index (χ3n) is 4.99. The predicted octanol–water partition coefficient (Wildman–Crippen LogP) is 2.75. The van der Waals surface area contributed by atoms with Gasteiger partial charge in [0.05, 0.1) is 19.8 Å². The van der Waals surface area contributed by atoms with Crippen molar-refractivity contribution in [2.24, 2.45) is 0 Å². The molecule has 0 saturated carbocycles. The second-order valence-corrected chi connectivity index (χ2v) is 6.45. The monoisotopic (exact) mass is 325 g/mol. The van der Waals surface area contributed by atoms with E-state index in [1.54, 1.807) is 0 Å². The van der Waals surface area contributed by atoms with Crippen LogP contribution in [0.15, 0.2) is 48.5 Å². The highest BCUT2D eigenvalue weighted by Gasteiger charge is 2.33. The van der Waals surface area contributed by atoms with Gasteiger partial charge in [-0.2, -0.15) is 0 Å². The van der Waals surface area contributed by atoms with Crippen molar-refractivity contribution in [1.29, 1.82) is 0 Å². The molecule has 0 amide bonds. The number of aliphatic hydroxyl groups excluding tert-OH is 1. The molecule has 1 fully saturated rings. The van der Waals surface area contributed by atoms with E-state index in [0.29, 0.717) is 0 Å². The van der Waals surface area contributed by atoms with Crippen molar-refractivity contribution in [2.75, 3.05) is 26.3 Å². The lowest BCUT2D eigenvalue weighted by atomic mass is 9.84. The van der Waals surface area contributed by atoms with Crippen LogP contribution in [0.5, 0.6) is 5.75 Å². The third kappa shape index (κ3) is 3.05. The molecule has 4 rings (SSSR count). The molecule has 2 aliphatic rings. The fraction of sp³-hybridized carbons (Fsp3) is 0.400. The molecule has 0 aliphatic carbocycles. The molecule has 2 heterocycles. The molecule has 0 radical (unpaired) electrons. The van der Waals surface area contributed by atoms with Crippen molar-refractivity contribution in [3.63, 3.8) is 0 Å². The fourth-order valence-corrected chi connectivity index (χ4v) is 3.69. The van der Waals surface area contributed by atoms with Crippen molar-refractivity contribution < 1.29 is 14.6 Å². The number of benzene rings is 2. The Morgan fingerprint density at radius 2 is 1.83 bits per heavy atom. The molecular weight excluding hydrogens is 302 g/mol. The normalized spacial score (nSPS) is 24.2. The second-order valence-electron chi connectivity index (χ2n) is 6.45. The summed E-state index contributed by atoms with van der Waals surface area (Å²) in [6.45, 7) is 3.42. The lowest BCUT2D eigenvalue weighted by molar-refractivity contribution is -0.0558. The molecule has 2 unspecified atom stereocenters. The SMILES string of the molecule is OCc1ccc2c(c1)C(c1ccccc1)CC(N1CCOCC1)O2. The first-order valence-corrected chi connectivity index (χ1v) is 8.62. The number of aliphatic hydroxyl groups is 1. The van der Waals surface area contributed by atoms with Gasteiger partial charge in [-0.15, -0.1) is 0 Å². The Morgan fingerprint density at radius 3 is 2.58 bits per heavy atom. The molecule has 1 saturated heterocycles. The summed E-state index contributed by atoms with van der Waals surface area (Å²) in [5.74, 6) is 1.22. The molecular formula is C20H23NO3. The van der Waals surface area contributed by atoms with Crippen LogP contribution in [0.25, 0.3) is 0 Å². The number of nitrogens with zero attached hydrogens (tertiary/aromatic N) is 1. The number of rotatable bonds is 3. The van der Waals surface area contributed by atoms with E-state index in [4.69, 9.17) is 9.47 Å². The van der Waals surface area contributed by atoms with Crippen LogP contribution in [0, 0.1) is 0 Å². The van der Waals surface area contributed by atoms with Gasteiger partial charge in [0.1, 0.15) is 5.75 Å². The zero-order valence-corrected chi connectivity index (χ0v) is 13.7. The predicted molar refractivity (Wildman–Crippen MR) is 92.1 cm³/mol. The van der Waals surface area contributed by atoms with Gasteiger partial charge in [0.15, 0.2) is 6.23 Å². The zero-order valence-electron chi connectivity index (χ0n) is 13.7. The van der Waals surface area contributed by atoms with E-state index in [1.807, 2.05) is 18.2 Å². The van der Waals surface area contributed by atoms with Gasteiger partial charge in [0.2, 0.25) is 0 Å². The number of hydrogen-bond acceptors (Lipinski definition) is 4. The quantitative estimate of drug-likeness (QED) is 0.942. The third-order valence-corrected chi connectivity index (χ3v) is 4.99. The summed E-state index contributed by atoms with van der Waals surface area (Å²) < 4.78 is 11.8. The van der Waals surface area contributed by atoms with Gasteiger partial charge in [0, 0.05) is 31.0 Å². The first kappa shape index (κ1) is 15.6. The van der Waals surface area contributed by atoms with Crippen LogP contribution < -0.4 is 4.74 Å². The van der Waals surface area contributed by atoms with Crippen LogP contribution in [0.4, 0.5) is 0 Å². The van der Waals surface area contributed by atoms with Gasteiger partial charge in [0.25, 0.3) is 0 Å². The second kappa shape index (κ2) is 6.93. The largest absolute Gasteiger partial charge is 0.475 e. The lowest BCUT2D eigenvalue weighted by Crippen LogP contribution is -2.48. The molecule has 4 nitrogen and oxygen atoms in total. The maximum absolute atomic E-state index is 9.49. The topological polar surface area (TPSA) is 41.9 Å². The molecule has 0 bridgehead atoms. The van der Waals surface area contributed by atoms with Crippen LogP contribution in [0.2, 0.25) is 0 Å². The number of morpholine rings is 1. The van der Waals surface area contributed by atoms with Crippen LogP contribution in [-0.4, -0.2) is 42.5 Å². The standard InChI is InChI=1S/C20H23NO3/c22-14-15-6-7-19-18(12-15)17(16-4-2-1-3-5-16)13-20(24-19)21-8-10-23-11-9-21/h1-7,12,17,20,22H,8-11,13-14H2. The highest BCUT2D eigenvalue weighted by Crippen LogP contribution is 2.41. The molecule has 1 N–H and O–H groups in total. The molecule has 126 valence electrons. The Bertz CT molecular complexity index is 683. The Balaban J connectivity index is 1.70. The van der Waals surface area contributed by atoms with Crippen LogP contribution in [0.3, 0.4) is 0 Å². The lowest BCUT2D eigenvalue weighted by Gasteiger charge is -2.40. The van der Waals surface area contributed by atoms with Gasteiger partial charge in [-0.05, 0) is 23.3 Å². The van der Waals surface area contributed by atoms with E-state index in [2.05, 4.69) is 35.2 Å². The van der Waals surface area contributed by atoms with Gasteiger partial charge < -0.3 is 14.6 Å². The van der Waals surface area contributed by atoms with Crippen molar-refractivity contribution >= 4 is 0 Å². The first-order valence-electron chi connectivity index (χ1n) is 8.62. The highest BCUT2D eigenvalue weighted by molar-refractivity contribution is 5.46. The molecule has 2 aromatic rings. The van der Waals surface area contributed by atoms with Gasteiger partial charge in [-0.1, -0.05) is 36.4 Å². The van der Waals surface area contributed by atoms with E-state index >= 15 is 0 Å². The first-order chi connectivity index (χ1) is 11.8. The summed E-state index contributed by atoms with van der Waals surface area (Å²) in [4.78, 5) is 2.38. The molecule has 4 heteroatoms. The van der Waals surface area contributed by atoms with Gasteiger partial charge >= 0.3 is 0 Å². The van der Waals surface area contributed by atoms with Crippen molar-refractivity contribution in [2.45, 2.75) is 25.2 Å². The average molecular weight is 325 g/mol. The molecule has 0 spiro atoms. The Hall–Kier alpha value is -1.88. The smallest absolute Gasteiger partial charge is 0.153 e. The summed E-state index contributed by atoms with van der Waals surface area (Å²) in [5, 5.41) is 9.49. The van der Waals surface area contributed by atoms with Crippen molar-refractivity contribution in [1.82, 2.24) is 4.90 Å². The molecule has 0 aromatic heterocycles. The summed E-state index contributed by atoms with van der Waals surface area (Å²) in [7, 11) is 0. The van der Waals surface area contributed by atoms with Crippen LogP contribution in [-0.2, 0) is 11.3 Å². The molecule has 2 atom stereocenters. The molecule has 2 aliphatic heterocycles. The summed E-state index contributed by atoms with van der Waals surface area (Å²) in [5.41, 5.74) is 3.41. The maximum atomic E-state index is 9.49. The van der Waals surface area contributed by atoms with Crippen molar-refractivity contribution in [3.05, 3.63) is 65.2 Å². The molecule has 2 aromatic carbocycles. The number of hydrogen-bond donors (Lipinski definition) is 1. The van der Waals surface area contributed by atoms with E-state index in [0.717, 1.165) is 44.0 Å². The summed E-state index contributed by atoms with van der Waals surface area (Å²) >= 11 is 0. The summed E-state index contributed by atoms with van der Waals surface area (Å²) in [6, 6.07) is 16.6. The summed E-state index contributed by atoms with van der Waals surface area (Å²) in [6.07, 6.45) is 0.998. The van der Waals surface area contributed by atoms with Gasteiger partial charge in [-0.3, -0.25) is 4.90 Å². The Morgan fingerprint density at radius 1 is 1.04 bits per heavy atom. The van der Waals surface area contributed by atoms with Gasteiger partial charge in [-0.25, -0.2) is 0 Å². The minimum atomic E-state index is 0.0572. The minimum absolute atomic E-state index is 0.0572. The molecule has 24 heavy (non-hydrogen) atoms. The zero-order chi connectivity index (χ0) is 16.4. The van der Waals surface area contributed by atoms with E-state index in [-0.39, 0.29) is 18.8 Å². The van der Waals surface area contributed by atoms with E-state index in [1.165, 1.54) is 11.1 Å². The number of ether oxygens (including phenoxy) is 2. The minimum Gasteiger partial charge on any atom is -0.475 e. The van der Waals surface area contributed by atoms with E-state index in [9.17, 15) is 5.11 Å². The maximum Gasteiger partial charge on any atom is 0.153 e. The highest BCUT2D eigenvalue weighted by atomic mass is 16.5. The van der Waals surface area contributed by atoms with Crippen LogP contribution >= 0.6 is 0 Å². The van der Waals surface area contributed by atoms with Crippen LogP contribution in [0.1, 0.15) is 29.0 Å². The average Bonchev–Trinajstić information content (AvgIpc) is 2.68. The fourth-order valence-electron chi connectivity index (χ4n) is 3.69. The van der Waals surface area contributed by atoms with Crippen molar-refractivity contribution in [3.8, 4) is 5.75 Å². The Labute approximate surface area is 142 Å².